The molecule has 1 aromatic carbocycles. The molecule has 0 saturated carbocycles. The van der Waals surface area contributed by atoms with Gasteiger partial charge in [0, 0.05) is 5.57 Å². The van der Waals surface area contributed by atoms with Crippen LogP contribution in [0.5, 0.6) is 5.75 Å². The summed E-state index contributed by atoms with van der Waals surface area (Å²) in [5.74, 6) is -0.613. The van der Waals surface area contributed by atoms with Gasteiger partial charge in [0.05, 0.1) is 7.11 Å². The Morgan fingerprint density at radius 1 is 1.41 bits per heavy atom. The zero-order chi connectivity index (χ0) is 12.8. The molecule has 0 atom stereocenters. The van der Waals surface area contributed by atoms with Gasteiger partial charge in [-0.05, 0) is 30.5 Å². The van der Waals surface area contributed by atoms with Crippen molar-refractivity contribution in [3.05, 3.63) is 48.3 Å². The largest absolute Gasteiger partial charge is 0.494 e. The lowest BCUT2D eigenvalue weighted by Gasteiger charge is -2.08. The summed E-state index contributed by atoms with van der Waals surface area (Å²) in [6.07, 6.45) is 0.400. The van der Waals surface area contributed by atoms with Crippen LogP contribution in [0.4, 0.5) is 13.2 Å². The van der Waals surface area contributed by atoms with E-state index in [4.69, 9.17) is 4.74 Å². The van der Waals surface area contributed by atoms with Crippen LogP contribution in [0.2, 0.25) is 0 Å². The number of hydrogen-bond acceptors (Lipinski definition) is 1. The van der Waals surface area contributed by atoms with E-state index in [1.165, 1.54) is 19.2 Å². The van der Waals surface area contributed by atoms with Crippen molar-refractivity contribution >= 4 is 5.57 Å². The lowest BCUT2D eigenvalue weighted by molar-refractivity contribution is 0.386. The second-order valence-corrected chi connectivity index (χ2v) is 3.42. The number of halogens is 3. The van der Waals surface area contributed by atoms with Crippen LogP contribution >= 0.6 is 0 Å². The van der Waals surface area contributed by atoms with Crippen LogP contribution in [0.15, 0.2) is 36.9 Å². The van der Waals surface area contributed by atoms with E-state index in [0.717, 1.165) is 6.07 Å². The molecule has 0 aliphatic carbocycles. The second kappa shape index (κ2) is 6.13. The predicted octanol–water partition coefficient (Wildman–Crippen LogP) is 4.41. The van der Waals surface area contributed by atoms with Gasteiger partial charge in [0.25, 0.3) is 6.08 Å². The Morgan fingerprint density at radius 3 is 2.65 bits per heavy atom. The molecule has 0 bridgehead atoms. The molecule has 0 heterocycles. The van der Waals surface area contributed by atoms with E-state index < -0.39 is 11.9 Å². The highest BCUT2D eigenvalue weighted by Gasteiger charge is 2.11. The lowest BCUT2D eigenvalue weighted by atomic mass is 10.0. The molecule has 0 radical (unpaired) electrons. The molecule has 0 aliphatic rings. The van der Waals surface area contributed by atoms with Gasteiger partial charge in [0.15, 0.2) is 11.6 Å². The average molecular weight is 242 g/mol. The Kier molecular flexibility index (Phi) is 4.82. The molecule has 0 amide bonds. The van der Waals surface area contributed by atoms with E-state index >= 15 is 0 Å². The number of allylic oxidation sites excluding steroid dienone is 2. The van der Waals surface area contributed by atoms with Crippen LogP contribution in [0.1, 0.15) is 18.4 Å². The third-order valence-corrected chi connectivity index (χ3v) is 2.33. The first-order valence-corrected chi connectivity index (χ1v) is 5.09. The first-order chi connectivity index (χ1) is 8.10. The minimum absolute atomic E-state index is 0.0418. The Bertz CT molecular complexity index is 434. The van der Waals surface area contributed by atoms with Gasteiger partial charge in [-0.1, -0.05) is 12.1 Å². The minimum Gasteiger partial charge on any atom is -0.494 e. The number of rotatable bonds is 5. The minimum atomic E-state index is -1.76. The zero-order valence-electron chi connectivity index (χ0n) is 9.47. The molecule has 1 aromatic rings. The standard InChI is InChI=1S/C13H13F3O/c1-3-4-5-10(13(15)16)9-6-7-11(14)12(8-9)17-2/h3,6-8H,1,4-5H2,2H3. The molecule has 1 rings (SSSR count). The van der Waals surface area contributed by atoms with Crippen LogP contribution < -0.4 is 4.74 Å². The van der Waals surface area contributed by atoms with E-state index in [0.29, 0.717) is 6.42 Å². The molecule has 0 unspecified atom stereocenters. The molecular formula is C13H13F3O. The Morgan fingerprint density at radius 2 is 2.12 bits per heavy atom. The van der Waals surface area contributed by atoms with Gasteiger partial charge >= 0.3 is 0 Å². The van der Waals surface area contributed by atoms with Crippen LogP contribution in [0.25, 0.3) is 5.57 Å². The fourth-order valence-corrected chi connectivity index (χ4v) is 1.44. The molecular weight excluding hydrogens is 229 g/mol. The van der Waals surface area contributed by atoms with Gasteiger partial charge in [-0.2, -0.15) is 8.78 Å². The first-order valence-electron chi connectivity index (χ1n) is 5.09. The van der Waals surface area contributed by atoms with E-state index in [-0.39, 0.29) is 23.3 Å². The van der Waals surface area contributed by atoms with E-state index in [1.54, 1.807) is 6.08 Å². The van der Waals surface area contributed by atoms with Gasteiger partial charge in [0.2, 0.25) is 0 Å². The molecule has 0 aliphatic heterocycles. The SMILES string of the molecule is C=CCCC(=C(F)F)c1ccc(F)c(OC)c1. The van der Waals surface area contributed by atoms with E-state index in [1.807, 2.05) is 0 Å². The average Bonchev–Trinajstić information content (AvgIpc) is 2.31. The maximum Gasteiger partial charge on any atom is 0.274 e. The van der Waals surface area contributed by atoms with Crippen LogP contribution in [0, 0.1) is 5.82 Å². The highest BCUT2D eigenvalue weighted by molar-refractivity contribution is 5.67. The van der Waals surface area contributed by atoms with Crippen molar-refractivity contribution in [2.45, 2.75) is 12.8 Å². The van der Waals surface area contributed by atoms with Gasteiger partial charge in [-0.15, -0.1) is 6.58 Å². The summed E-state index contributed by atoms with van der Waals surface area (Å²) in [4.78, 5) is 0. The van der Waals surface area contributed by atoms with E-state index in [9.17, 15) is 13.2 Å². The highest BCUT2D eigenvalue weighted by Crippen LogP contribution is 2.29. The zero-order valence-corrected chi connectivity index (χ0v) is 9.47. The van der Waals surface area contributed by atoms with Crippen LogP contribution in [-0.4, -0.2) is 7.11 Å². The fourth-order valence-electron chi connectivity index (χ4n) is 1.44. The molecule has 0 saturated heterocycles. The van der Waals surface area contributed by atoms with Crippen LogP contribution in [-0.2, 0) is 0 Å². The molecule has 0 fully saturated rings. The summed E-state index contributed by atoms with van der Waals surface area (Å²) >= 11 is 0. The summed E-state index contributed by atoms with van der Waals surface area (Å²) in [6, 6.07) is 3.70. The van der Waals surface area contributed by atoms with Gasteiger partial charge < -0.3 is 4.74 Å². The first kappa shape index (κ1) is 13.4. The van der Waals surface area contributed by atoms with Crippen molar-refractivity contribution < 1.29 is 17.9 Å². The quantitative estimate of drug-likeness (QED) is 0.695. The molecule has 0 aromatic heterocycles. The summed E-state index contributed by atoms with van der Waals surface area (Å²) in [5.41, 5.74) is 0.160. The summed E-state index contributed by atoms with van der Waals surface area (Å²) in [6.45, 7) is 3.48. The second-order valence-electron chi connectivity index (χ2n) is 3.42. The monoisotopic (exact) mass is 242 g/mol. The highest BCUT2D eigenvalue weighted by atomic mass is 19.3. The van der Waals surface area contributed by atoms with Gasteiger partial charge in [-0.25, -0.2) is 4.39 Å². The molecule has 4 heteroatoms. The van der Waals surface area contributed by atoms with Gasteiger partial charge in [-0.3, -0.25) is 0 Å². The molecule has 0 spiro atoms. The number of benzene rings is 1. The number of methoxy groups -OCH3 is 1. The van der Waals surface area contributed by atoms with Crippen molar-refractivity contribution in [1.29, 1.82) is 0 Å². The van der Waals surface area contributed by atoms with Crippen molar-refractivity contribution in [1.82, 2.24) is 0 Å². The molecule has 0 N–H and O–H groups in total. The van der Waals surface area contributed by atoms with Crippen molar-refractivity contribution in [3.63, 3.8) is 0 Å². The Balaban J connectivity index is 3.11. The van der Waals surface area contributed by atoms with Gasteiger partial charge in [0.1, 0.15) is 0 Å². The normalized spacial score (nSPS) is 9.88. The summed E-state index contributed by atoms with van der Waals surface area (Å²) in [5, 5.41) is 0. The number of hydrogen-bond donors (Lipinski definition) is 0. The smallest absolute Gasteiger partial charge is 0.274 e. The van der Waals surface area contributed by atoms with Crippen molar-refractivity contribution in [2.24, 2.45) is 0 Å². The van der Waals surface area contributed by atoms with Crippen molar-refractivity contribution in [3.8, 4) is 5.75 Å². The molecule has 1 nitrogen and oxygen atoms in total. The maximum atomic E-state index is 13.1. The molecule has 92 valence electrons. The third-order valence-electron chi connectivity index (χ3n) is 2.33. The Hall–Kier alpha value is -1.71. The van der Waals surface area contributed by atoms with Crippen LogP contribution in [0.3, 0.4) is 0 Å². The third kappa shape index (κ3) is 3.37. The summed E-state index contributed by atoms with van der Waals surface area (Å²) in [7, 11) is 1.29. The van der Waals surface area contributed by atoms with E-state index in [2.05, 4.69) is 6.58 Å². The predicted molar refractivity (Wildman–Crippen MR) is 61.5 cm³/mol. The number of ether oxygens (including phenoxy) is 1. The lowest BCUT2D eigenvalue weighted by Crippen LogP contribution is -1.92. The maximum absolute atomic E-state index is 13.1. The molecule has 17 heavy (non-hydrogen) atoms. The topological polar surface area (TPSA) is 9.23 Å². The fraction of sp³-hybridized carbons (Fsp3) is 0.231. The Labute approximate surface area is 98.2 Å². The summed E-state index contributed by atoms with van der Waals surface area (Å²) < 4.78 is 43.4. The van der Waals surface area contributed by atoms with Crippen molar-refractivity contribution in [2.75, 3.05) is 7.11 Å².